The molecule has 0 fully saturated rings. The zero-order valence-electron chi connectivity index (χ0n) is 12.9. The minimum absolute atomic E-state index is 0.0626. The molecule has 5 heteroatoms. The quantitative estimate of drug-likeness (QED) is 0.642. The maximum Gasteiger partial charge on any atom is 0.224 e. The number of nitrogens with one attached hydrogen (secondary N) is 1. The summed E-state index contributed by atoms with van der Waals surface area (Å²) < 4.78 is 1.21. The number of carbonyl (C=O) groups is 1. The minimum Gasteiger partial charge on any atom is -0.325 e. The van der Waals surface area contributed by atoms with E-state index in [2.05, 4.69) is 16.4 Å². The van der Waals surface area contributed by atoms with Crippen molar-refractivity contribution in [2.45, 2.75) is 24.2 Å². The molecule has 0 unspecified atom stereocenters. The highest BCUT2D eigenvalue weighted by Crippen LogP contribution is 2.25. The van der Waals surface area contributed by atoms with Crippen molar-refractivity contribution in [2.75, 3.05) is 11.6 Å². The van der Waals surface area contributed by atoms with E-state index in [-0.39, 0.29) is 5.91 Å². The molecule has 1 aromatic heterocycles. The Labute approximate surface area is 144 Å². The standard InChI is InChI=1S/C18H18N2OS2/c1-22-15-9-4-2-7-13(15)19-17(21)11-6-12-18-20-14-8-3-5-10-16(14)23-18/h2-5,7-10H,6,11-12H2,1H3,(H,19,21). The lowest BCUT2D eigenvalue weighted by atomic mass is 10.2. The minimum atomic E-state index is 0.0626. The lowest BCUT2D eigenvalue weighted by Gasteiger charge is -2.08. The number of fused-ring (bicyclic) bond motifs is 1. The molecule has 0 aliphatic rings. The second-order valence-corrected chi connectivity index (χ2v) is 7.14. The van der Waals surface area contributed by atoms with Gasteiger partial charge >= 0.3 is 0 Å². The molecule has 0 bridgehead atoms. The first kappa shape index (κ1) is 16.0. The van der Waals surface area contributed by atoms with Gasteiger partial charge in [-0.3, -0.25) is 4.79 Å². The fourth-order valence-electron chi connectivity index (χ4n) is 2.39. The maximum atomic E-state index is 12.1. The molecule has 3 rings (SSSR count). The molecule has 1 N–H and O–H groups in total. The second kappa shape index (κ2) is 7.62. The average Bonchev–Trinajstić information content (AvgIpc) is 2.98. The van der Waals surface area contributed by atoms with Crippen molar-refractivity contribution < 1.29 is 4.79 Å². The molecule has 3 nitrogen and oxygen atoms in total. The lowest BCUT2D eigenvalue weighted by molar-refractivity contribution is -0.116. The van der Waals surface area contributed by atoms with Crippen LogP contribution in [0, 0.1) is 0 Å². The Morgan fingerprint density at radius 2 is 1.96 bits per heavy atom. The summed E-state index contributed by atoms with van der Waals surface area (Å²) in [4.78, 5) is 17.8. The Hall–Kier alpha value is -1.85. The van der Waals surface area contributed by atoms with Gasteiger partial charge in [-0.05, 0) is 43.4 Å². The molecule has 23 heavy (non-hydrogen) atoms. The Kier molecular flexibility index (Phi) is 5.31. The molecule has 0 radical (unpaired) electrons. The summed E-state index contributed by atoms with van der Waals surface area (Å²) in [6.45, 7) is 0. The molecule has 0 atom stereocenters. The molecule has 0 spiro atoms. The number of thioether (sulfide) groups is 1. The van der Waals surface area contributed by atoms with Crippen LogP contribution in [-0.2, 0) is 11.2 Å². The van der Waals surface area contributed by atoms with Gasteiger partial charge in [-0.2, -0.15) is 0 Å². The smallest absolute Gasteiger partial charge is 0.224 e. The van der Waals surface area contributed by atoms with Crippen LogP contribution in [-0.4, -0.2) is 17.1 Å². The number of amides is 1. The summed E-state index contributed by atoms with van der Waals surface area (Å²) >= 11 is 3.35. The van der Waals surface area contributed by atoms with E-state index in [0.29, 0.717) is 6.42 Å². The van der Waals surface area contributed by atoms with Crippen LogP contribution < -0.4 is 5.32 Å². The van der Waals surface area contributed by atoms with Gasteiger partial charge in [0.15, 0.2) is 0 Å². The van der Waals surface area contributed by atoms with Crippen LogP contribution in [0.2, 0.25) is 0 Å². The number of hydrogen-bond donors (Lipinski definition) is 1. The van der Waals surface area contributed by atoms with Crippen LogP contribution in [0.3, 0.4) is 0 Å². The highest BCUT2D eigenvalue weighted by atomic mass is 32.2. The molecule has 118 valence electrons. The third kappa shape index (κ3) is 4.12. The third-order valence-corrected chi connectivity index (χ3v) is 5.41. The summed E-state index contributed by atoms with van der Waals surface area (Å²) in [5.41, 5.74) is 1.94. The zero-order chi connectivity index (χ0) is 16.1. The number of aromatic nitrogens is 1. The number of rotatable bonds is 6. The molecule has 0 saturated carbocycles. The Balaban J connectivity index is 1.53. The molecule has 1 heterocycles. The molecule has 0 saturated heterocycles. The van der Waals surface area contributed by atoms with E-state index in [9.17, 15) is 4.79 Å². The maximum absolute atomic E-state index is 12.1. The molecule has 1 amide bonds. The van der Waals surface area contributed by atoms with Gasteiger partial charge in [0.2, 0.25) is 5.91 Å². The van der Waals surface area contributed by atoms with Gasteiger partial charge in [-0.25, -0.2) is 4.98 Å². The fraction of sp³-hybridized carbons (Fsp3) is 0.222. The van der Waals surface area contributed by atoms with Crippen molar-refractivity contribution in [1.29, 1.82) is 0 Å². The van der Waals surface area contributed by atoms with Gasteiger partial charge in [0, 0.05) is 11.3 Å². The number of para-hydroxylation sites is 2. The first-order valence-corrected chi connectivity index (χ1v) is 9.58. The van der Waals surface area contributed by atoms with Crippen molar-refractivity contribution in [1.82, 2.24) is 4.98 Å². The number of benzene rings is 2. The summed E-state index contributed by atoms with van der Waals surface area (Å²) in [6, 6.07) is 16.0. The predicted molar refractivity (Wildman–Crippen MR) is 99.4 cm³/mol. The number of anilines is 1. The summed E-state index contributed by atoms with van der Waals surface area (Å²) in [7, 11) is 0. The Bertz CT molecular complexity index is 780. The van der Waals surface area contributed by atoms with Gasteiger partial charge in [-0.1, -0.05) is 24.3 Å². The first-order chi connectivity index (χ1) is 11.3. The second-order valence-electron chi connectivity index (χ2n) is 5.18. The van der Waals surface area contributed by atoms with Gasteiger partial charge in [0.05, 0.1) is 20.9 Å². The fourth-order valence-corrected chi connectivity index (χ4v) is 3.95. The molecular formula is C18H18N2OS2. The van der Waals surface area contributed by atoms with Gasteiger partial charge in [-0.15, -0.1) is 23.1 Å². The zero-order valence-corrected chi connectivity index (χ0v) is 14.5. The van der Waals surface area contributed by atoms with Gasteiger partial charge in [0.25, 0.3) is 0 Å². The van der Waals surface area contributed by atoms with E-state index in [1.807, 2.05) is 48.7 Å². The van der Waals surface area contributed by atoms with Crippen molar-refractivity contribution in [3.63, 3.8) is 0 Å². The number of carbonyl (C=O) groups excluding carboxylic acids is 1. The Morgan fingerprint density at radius 1 is 1.17 bits per heavy atom. The van der Waals surface area contributed by atoms with E-state index >= 15 is 0 Å². The number of thiazole rings is 1. The van der Waals surface area contributed by atoms with Crippen LogP contribution in [0.1, 0.15) is 17.8 Å². The largest absolute Gasteiger partial charge is 0.325 e. The molecule has 0 aliphatic carbocycles. The number of nitrogens with zero attached hydrogens (tertiary/aromatic N) is 1. The number of aryl methyl sites for hydroxylation is 1. The monoisotopic (exact) mass is 342 g/mol. The lowest BCUT2D eigenvalue weighted by Crippen LogP contribution is -2.12. The molecule has 2 aromatic carbocycles. The van der Waals surface area contributed by atoms with Crippen LogP contribution in [0.25, 0.3) is 10.2 Å². The molecular weight excluding hydrogens is 324 g/mol. The molecule has 3 aromatic rings. The predicted octanol–water partition coefficient (Wildman–Crippen LogP) is 4.98. The highest BCUT2D eigenvalue weighted by Gasteiger charge is 2.08. The van der Waals surface area contributed by atoms with E-state index < -0.39 is 0 Å². The van der Waals surface area contributed by atoms with Crippen LogP contribution >= 0.6 is 23.1 Å². The van der Waals surface area contributed by atoms with E-state index in [4.69, 9.17) is 0 Å². The van der Waals surface area contributed by atoms with Crippen molar-refractivity contribution >= 4 is 44.9 Å². The van der Waals surface area contributed by atoms with Crippen molar-refractivity contribution in [3.8, 4) is 0 Å². The highest BCUT2D eigenvalue weighted by molar-refractivity contribution is 7.98. The summed E-state index contributed by atoms with van der Waals surface area (Å²) in [5.74, 6) is 0.0626. The summed E-state index contributed by atoms with van der Waals surface area (Å²) in [5, 5.41) is 4.10. The van der Waals surface area contributed by atoms with Crippen LogP contribution in [0.15, 0.2) is 53.4 Å². The van der Waals surface area contributed by atoms with Crippen molar-refractivity contribution in [3.05, 3.63) is 53.5 Å². The SMILES string of the molecule is CSc1ccccc1NC(=O)CCCc1nc2ccccc2s1. The normalized spacial score (nSPS) is 10.8. The Morgan fingerprint density at radius 3 is 2.78 bits per heavy atom. The van der Waals surface area contributed by atoms with Crippen molar-refractivity contribution in [2.24, 2.45) is 0 Å². The van der Waals surface area contributed by atoms with E-state index in [0.717, 1.165) is 33.9 Å². The van der Waals surface area contributed by atoms with Gasteiger partial charge in [0.1, 0.15) is 0 Å². The summed E-state index contributed by atoms with van der Waals surface area (Å²) in [6.07, 6.45) is 4.18. The van der Waals surface area contributed by atoms with Gasteiger partial charge < -0.3 is 5.32 Å². The third-order valence-electron chi connectivity index (χ3n) is 3.51. The van der Waals surface area contributed by atoms with E-state index in [1.165, 1.54) is 4.70 Å². The first-order valence-electron chi connectivity index (χ1n) is 7.53. The topological polar surface area (TPSA) is 42.0 Å². The average molecular weight is 342 g/mol. The van der Waals surface area contributed by atoms with Crippen LogP contribution in [0.5, 0.6) is 0 Å². The van der Waals surface area contributed by atoms with E-state index in [1.54, 1.807) is 23.1 Å². The molecule has 0 aliphatic heterocycles. The number of hydrogen-bond acceptors (Lipinski definition) is 4. The van der Waals surface area contributed by atoms with Crippen LogP contribution in [0.4, 0.5) is 5.69 Å².